The van der Waals surface area contributed by atoms with Crippen molar-refractivity contribution in [1.82, 2.24) is 5.32 Å². The zero-order chi connectivity index (χ0) is 14.3. The number of hydrogen-bond donors (Lipinski definition) is 1. The van der Waals surface area contributed by atoms with E-state index in [1.54, 1.807) is 12.1 Å². The second-order valence-corrected chi connectivity index (χ2v) is 5.89. The molecule has 4 heteroatoms. The lowest BCUT2D eigenvalue weighted by Gasteiger charge is -2.30. The third-order valence-corrected chi connectivity index (χ3v) is 5.25. The van der Waals surface area contributed by atoms with Crippen LogP contribution in [0, 0.1) is 17.1 Å². The van der Waals surface area contributed by atoms with E-state index in [9.17, 15) is 4.39 Å². The fourth-order valence-electron chi connectivity index (χ4n) is 2.05. The van der Waals surface area contributed by atoms with Gasteiger partial charge in [-0.1, -0.05) is 19.9 Å². The van der Waals surface area contributed by atoms with Crippen molar-refractivity contribution in [3.8, 4) is 6.07 Å². The minimum atomic E-state index is -0.311. The van der Waals surface area contributed by atoms with Gasteiger partial charge in [-0.05, 0) is 31.2 Å². The summed E-state index contributed by atoms with van der Waals surface area (Å²) in [5.41, 5.74) is 0.975. The summed E-state index contributed by atoms with van der Waals surface area (Å²) in [4.78, 5) is 0. The third kappa shape index (κ3) is 4.22. The fraction of sp³-hybridized carbons (Fsp3) is 0.533. The average molecular weight is 280 g/mol. The largest absolute Gasteiger partial charge is 0.311 e. The smallest absolute Gasteiger partial charge is 0.129 e. The molecule has 0 atom stereocenters. The predicted molar refractivity (Wildman–Crippen MR) is 79.6 cm³/mol. The Morgan fingerprint density at radius 2 is 2.05 bits per heavy atom. The van der Waals surface area contributed by atoms with Gasteiger partial charge >= 0.3 is 0 Å². The van der Waals surface area contributed by atoms with Gasteiger partial charge in [0.25, 0.3) is 0 Å². The van der Waals surface area contributed by atoms with E-state index in [2.05, 4.69) is 25.4 Å². The number of halogens is 1. The Hall–Kier alpha value is -1.05. The molecule has 1 aromatic rings. The number of hydrogen-bond acceptors (Lipinski definition) is 3. The molecule has 104 valence electrons. The Balaban J connectivity index is 2.61. The van der Waals surface area contributed by atoms with Gasteiger partial charge in [0.1, 0.15) is 5.82 Å². The van der Waals surface area contributed by atoms with Crippen molar-refractivity contribution in [1.29, 1.82) is 5.26 Å². The van der Waals surface area contributed by atoms with Gasteiger partial charge in [0.05, 0.1) is 11.6 Å². The molecule has 0 aliphatic carbocycles. The Morgan fingerprint density at radius 1 is 1.37 bits per heavy atom. The van der Waals surface area contributed by atoms with Crippen molar-refractivity contribution in [2.24, 2.45) is 0 Å². The van der Waals surface area contributed by atoms with Gasteiger partial charge in [-0.2, -0.15) is 17.0 Å². The summed E-state index contributed by atoms with van der Waals surface area (Å²) in [6.45, 7) is 5.73. The van der Waals surface area contributed by atoms with E-state index in [0.29, 0.717) is 17.7 Å². The van der Waals surface area contributed by atoms with E-state index in [1.165, 1.54) is 6.07 Å². The molecule has 0 heterocycles. The first-order valence-corrected chi connectivity index (χ1v) is 7.77. The first kappa shape index (κ1) is 16.0. The van der Waals surface area contributed by atoms with Gasteiger partial charge in [-0.25, -0.2) is 4.39 Å². The summed E-state index contributed by atoms with van der Waals surface area (Å²) in [7, 11) is 0. The molecule has 19 heavy (non-hydrogen) atoms. The number of nitriles is 1. The van der Waals surface area contributed by atoms with Crippen molar-refractivity contribution in [2.75, 3.05) is 12.8 Å². The summed E-state index contributed by atoms with van der Waals surface area (Å²) in [6.07, 6.45) is 4.30. The quantitative estimate of drug-likeness (QED) is 0.827. The first-order valence-electron chi connectivity index (χ1n) is 6.55. The fourth-order valence-corrected chi connectivity index (χ4v) is 2.87. The molecule has 0 saturated heterocycles. The Kier molecular flexibility index (Phi) is 6.33. The molecular formula is C15H21FN2S. The Bertz CT molecular complexity index is 442. The molecule has 1 rings (SSSR count). The summed E-state index contributed by atoms with van der Waals surface area (Å²) >= 11 is 1.86. The summed E-state index contributed by atoms with van der Waals surface area (Å²) in [5, 5.41) is 12.0. The van der Waals surface area contributed by atoms with Crippen molar-refractivity contribution < 1.29 is 4.39 Å². The molecule has 0 radical (unpaired) electrons. The van der Waals surface area contributed by atoms with E-state index >= 15 is 0 Å². The van der Waals surface area contributed by atoms with Crippen LogP contribution in [0.2, 0.25) is 0 Å². The van der Waals surface area contributed by atoms with Crippen LogP contribution in [0.4, 0.5) is 4.39 Å². The van der Waals surface area contributed by atoms with Crippen molar-refractivity contribution >= 4 is 11.8 Å². The summed E-state index contributed by atoms with van der Waals surface area (Å²) in [5.74, 6) is -0.311. The van der Waals surface area contributed by atoms with Crippen LogP contribution in [0.1, 0.15) is 37.8 Å². The maximum absolute atomic E-state index is 13.7. The van der Waals surface area contributed by atoms with Gasteiger partial charge < -0.3 is 5.32 Å². The van der Waals surface area contributed by atoms with E-state index in [0.717, 1.165) is 19.4 Å². The molecule has 0 spiro atoms. The lowest BCUT2D eigenvalue weighted by atomic mass is 10.0. The zero-order valence-corrected chi connectivity index (χ0v) is 12.6. The standard InChI is InChI=1S/C15H21FN2S/c1-4-15(5-2,19-3)11-18-10-13-7-6-12(9-17)8-14(13)16/h6-8,18H,4-5,10-11H2,1-3H3. The zero-order valence-electron chi connectivity index (χ0n) is 11.8. The molecule has 1 aromatic carbocycles. The number of nitrogens with one attached hydrogen (secondary N) is 1. The second-order valence-electron chi connectivity index (χ2n) is 4.62. The average Bonchev–Trinajstić information content (AvgIpc) is 2.45. The van der Waals surface area contributed by atoms with Crippen molar-refractivity contribution in [2.45, 2.75) is 38.0 Å². The van der Waals surface area contributed by atoms with Crippen LogP contribution in [0.3, 0.4) is 0 Å². The van der Waals surface area contributed by atoms with E-state index < -0.39 is 0 Å². The van der Waals surface area contributed by atoms with E-state index in [-0.39, 0.29) is 10.6 Å². The molecule has 0 bridgehead atoms. The van der Waals surface area contributed by atoms with Crippen molar-refractivity contribution in [3.05, 3.63) is 35.1 Å². The van der Waals surface area contributed by atoms with Crippen molar-refractivity contribution in [3.63, 3.8) is 0 Å². The molecule has 0 amide bonds. The van der Waals surface area contributed by atoms with Gasteiger partial charge in [-0.15, -0.1) is 0 Å². The van der Waals surface area contributed by atoms with Crippen LogP contribution in [0.15, 0.2) is 18.2 Å². The number of benzene rings is 1. The monoisotopic (exact) mass is 280 g/mol. The van der Waals surface area contributed by atoms with Crippen LogP contribution in [-0.2, 0) is 6.54 Å². The lowest BCUT2D eigenvalue weighted by Crippen LogP contribution is -2.36. The SMILES string of the molecule is CCC(CC)(CNCc1ccc(C#N)cc1F)SC. The van der Waals surface area contributed by atoms with E-state index in [4.69, 9.17) is 5.26 Å². The normalized spacial score (nSPS) is 11.3. The summed E-state index contributed by atoms with van der Waals surface area (Å²) in [6, 6.07) is 6.56. The van der Waals surface area contributed by atoms with Gasteiger partial charge in [0.15, 0.2) is 0 Å². The molecule has 0 aliphatic rings. The van der Waals surface area contributed by atoms with E-state index in [1.807, 2.05) is 17.8 Å². The Morgan fingerprint density at radius 3 is 2.53 bits per heavy atom. The molecule has 2 nitrogen and oxygen atoms in total. The second kappa shape index (κ2) is 7.52. The van der Waals surface area contributed by atoms with Crippen LogP contribution < -0.4 is 5.32 Å². The molecule has 0 aromatic heterocycles. The molecule has 0 saturated carbocycles. The molecule has 0 aliphatic heterocycles. The third-order valence-electron chi connectivity index (χ3n) is 3.67. The van der Waals surface area contributed by atoms with Gasteiger partial charge in [0, 0.05) is 23.4 Å². The highest BCUT2D eigenvalue weighted by molar-refractivity contribution is 8.00. The minimum absolute atomic E-state index is 0.225. The van der Waals surface area contributed by atoms with Gasteiger partial charge in [0.2, 0.25) is 0 Å². The maximum atomic E-state index is 13.7. The summed E-state index contributed by atoms with van der Waals surface area (Å²) < 4.78 is 13.9. The molecular weight excluding hydrogens is 259 g/mol. The Labute approximate surface area is 119 Å². The number of rotatable bonds is 7. The van der Waals surface area contributed by atoms with Crippen LogP contribution in [0.25, 0.3) is 0 Å². The highest BCUT2D eigenvalue weighted by Gasteiger charge is 2.24. The predicted octanol–water partition coefficient (Wildman–Crippen LogP) is 3.71. The van der Waals surface area contributed by atoms with Crippen LogP contribution in [-0.4, -0.2) is 17.5 Å². The van der Waals surface area contributed by atoms with Crippen LogP contribution >= 0.6 is 11.8 Å². The topological polar surface area (TPSA) is 35.8 Å². The maximum Gasteiger partial charge on any atom is 0.129 e. The van der Waals surface area contributed by atoms with Crippen LogP contribution in [0.5, 0.6) is 0 Å². The lowest BCUT2D eigenvalue weighted by molar-refractivity contribution is 0.488. The number of nitrogens with zero attached hydrogens (tertiary/aromatic N) is 1. The number of thioether (sulfide) groups is 1. The molecule has 1 N–H and O–H groups in total. The minimum Gasteiger partial charge on any atom is -0.311 e. The van der Waals surface area contributed by atoms with Gasteiger partial charge in [-0.3, -0.25) is 0 Å². The highest BCUT2D eigenvalue weighted by Crippen LogP contribution is 2.29. The first-order chi connectivity index (χ1) is 9.10. The molecule has 0 unspecified atom stereocenters. The molecule has 0 fully saturated rings. The highest BCUT2D eigenvalue weighted by atomic mass is 32.2.